The Morgan fingerprint density at radius 3 is 2.56 bits per heavy atom. The molecule has 1 aromatic heterocycles. The Labute approximate surface area is 159 Å². The third kappa shape index (κ3) is 6.13. The molecule has 2 amide bonds. The molecule has 7 heteroatoms. The molecule has 0 saturated heterocycles. The first-order chi connectivity index (χ1) is 13.0. The van der Waals surface area contributed by atoms with E-state index in [9.17, 15) is 9.59 Å². The summed E-state index contributed by atoms with van der Waals surface area (Å²) >= 11 is 0. The highest BCUT2D eigenvalue weighted by molar-refractivity contribution is 5.99. The zero-order chi connectivity index (χ0) is 19.6. The number of carbonyl (C=O) groups is 2. The number of nitrogens with one attached hydrogen (secondary N) is 1. The summed E-state index contributed by atoms with van der Waals surface area (Å²) in [7, 11) is 0. The van der Waals surface area contributed by atoms with Gasteiger partial charge >= 0.3 is 0 Å². The van der Waals surface area contributed by atoms with Crippen molar-refractivity contribution in [2.24, 2.45) is 0 Å². The monoisotopic (exact) mass is 373 g/mol. The number of unbranched alkanes of at least 4 members (excludes halogenated alkanes) is 1. The van der Waals surface area contributed by atoms with Crippen molar-refractivity contribution in [3.63, 3.8) is 0 Å². The molecule has 2 rings (SSSR count). The van der Waals surface area contributed by atoms with Crippen LogP contribution in [0.15, 0.2) is 41.1 Å². The first-order valence-electron chi connectivity index (χ1n) is 9.29. The number of aromatic nitrogens is 1. The summed E-state index contributed by atoms with van der Waals surface area (Å²) in [5.41, 5.74) is 0.521. The van der Waals surface area contributed by atoms with E-state index in [1.807, 2.05) is 13.8 Å². The lowest BCUT2D eigenvalue weighted by Gasteiger charge is -2.28. The number of hydrogen-bond acceptors (Lipinski definition) is 5. The molecule has 0 fully saturated rings. The summed E-state index contributed by atoms with van der Waals surface area (Å²) in [6, 6.07) is 8.49. The second-order valence-electron chi connectivity index (χ2n) is 6.35. The van der Waals surface area contributed by atoms with Gasteiger partial charge in [-0.15, -0.1) is 0 Å². The first-order valence-corrected chi connectivity index (χ1v) is 9.29. The Kier molecular flexibility index (Phi) is 7.85. The van der Waals surface area contributed by atoms with E-state index in [2.05, 4.69) is 17.4 Å². The molecule has 1 atom stereocenters. The van der Waals surface area contributed by atoms with Gasteiger partial charge in [0.2, 0.25) is 5.91 Å². The van der Waals surface area contributed by atoms with Crippen LogP contribution in [-0.4, -0.2) is 41.1 Å². The average Bonchev–Trinajstić information content (AvgIpc) is 3.18. The van der Waals surface area contributed by atoms with Gasteiger partial charge < -0.3 is 19.5 Å². The van der Waals surface area contributed by atoms with Gasteiger partial charge in [-0.1, -0.05) is 25.4 Å². The van der Waals surface area contributed by atoms with Crippen molar-refractivity contribution in [1.82, 2.24) is 10.1 Å². The molecule has 2 aromatic rings. The maximum Gasteiger partial charge on any atom is 0.254 e. The molecule has 146 valence electrons. The van der Waals surface area contributed by atoms with Crippen molar-refractivity contribution in [2.45, 2.75) is 46.1 Å². The Hall–Kier alpha value is -2.83. The summed E-state index contributed by atoms with van der Waals surface area (Å²) in [4.78, 5) is 26.8. The second kappa shape index (κ2) is 10.4. The van der Waals surface area contributed by atoms with Gasteiger partial charge in [0.05, 0.1) is 6.61 Å². The van der Waals surface area contributed by atoms with E-state index >= 15 is 0 Å². The topological polar surface area (TPSA) is 84.7 Å². The van der Waals surface area contributed by atoms with Crippen molar-refractivity contribution >= 4 is 17.6 Å². The van der Waals surface area contributed by atoms with Gasteiger partial charge in [0.1, 0.15) is 18.6 Å². The van der Waals surface area contributed by atoms with Crippen LogP contribution in [0.4, 0.5) is 5.82 Å². The van der Waals surface area contributed by atoms with E-state index in [1.165, 1.54) is 6.26 Å². The summed E-state index contributed by atoms with van der Waals surface area (Å²) in [5.74, 6) is 0.542. The van der Waals surface area contributed by atoms with Gasteiger partial charge in [0.25, 0.3) is 5.91 Å². The maximum absolute atomic E-state index is 12.9. The molecule has 7 nitrogen and oxygen atoms in total. The molecular formula is C20H27N3O4. The zero-order valence-electron chi connectivity index (χ0n) is 16.1. The van der Waals surface area contributed by atoms with Crippen LogP contribution in [0.3, 0.4) is 0 Å². The molecule has 27 heavy (non-hydrogen) atoms. The average molecular weight is 373 g/mol. The molecule has 0 aliphatic carbocycles. The number of benzene rings is 1. The maximum atomic E-state index is 12.9. The summed E-state index contributed by atoms with van der Waals surface area (Å²) in [6.07, 6.45) is 4.17. The molecule has 0 radical (unpaired) electrons. The summed E-state index contributed by atoms with van der Waals surface area (Å²) < 4.78 is 10.3. The van der Waals surface area contributed by atoms with Crippen LogP contribution in [0.5, 0.6) is 5.75 Å². The standard InChI is InChI=1S/C20H27N3O4/c1-4-6-12-26-17-9-7-16(8-10-17)20(25)23(15(3)5-2)14-19(24)21-18-11-13-27-22-18/h7-11,13,15H,4-6,12,14H2,1-3H3,(H,21,22,24). The summed E-state index contributed by atoms with van der Waals surface area (Å²) in [6.45, 7) is 6.60. The quantitative estimate of drug-likeness (QED) is 0.642. The molecule has 0 aliphatic rings. The number of nitrogens with zero attached hydrogens (tertiary/aromatic N) is 2. The van der Waals surface area contributed by atoms with E-state index in [-0.39, 0.29) is 24.4 Å². The highest BCUT2D eigenvalue weighted by atomic mass is 16.5. The normalized spacial score (nSPS) is 11.7. The number of anilines is 1. The largest absolute Gasteiger partial charge is 0.494 e. The van der Waals surface area contributed by atoms with E-state index in [0.29, 0.717) is 18.0 Å². The lowest BCUT2D eigenvalue weighted by Crippen LogP contribution is -2.43. The fourth-order valence-corrected chi connectivity index (χ4v) is 2.46. The smallest absolute Gasteiger partial charge is 0.254 e. The number of amides is 2. The highest BCUT2D eigenvalue weighted by Crippen LogP contribution is 2.16. The van der Waals surface area contributed by atoms with Gasteiger partial charge in [0.15, 0.2) is 5.82 Å². The van der Waals surface area contributed by atoms with Crippen LogP contribution >= 0.6 is 0 Å². The number of hydrogen-bond donors (Lipinski definition) is 1. The van der Waals surface area contributed by atoms with E-state index < -0.39 is 0 Å². The number of rotatable bonds is 10. The van der Waals surface area contributed by atoms with Crippen molar-refractivity contribution in [3.05, 3.63) is 42.2 Å². The van der Waals surface area contributed by atoms with Crippen LogP contribution in [0, 0.1) is 0 Å². The van der Waals surface area contributed by atoms with Crippen LogP contribution in [-0.2, 0) is 4.79 Å². The molecular weight excluding hydrogens is 346 g/mol. The van der Waals surface area contributed by atoms with Crippen molar-refractivity contribution in [3.8, 4) is 5.75 Å². The van der Waals surface area contributed by atoms with Crippen LogP contribution in [0.2, 0.25) is 0 Å². The van der Waals surface area contributed by atoms with Gasteiger partial charge in [-0.05, 0) is 44.0 Å². The summed E-state index contributed by atoms with van der Waals surface area (Å²) in [5, 5.41) is 6.27. The minimum atomic E-state index is -0.322. The molecule has 1 N–H and O–H groups in total. The third-order valence-corrected chi connectivity index (χ3v) is 4.27. The van der Waals surface area contributed by atoms with Crippen molar-refractivity contribution in [2.75, 3.05) is 18.5 Å². The van der Waals surface area contributed by atoms with E-state index in [1.54, 1.807) is 35.2 Å². The zero-order valence-corrected chi connectivity index (χ0v) is 16.1. The van der Waals surface area contributed by atoms with Crippen LogP contribution < -0.4 is 10.1 Å². The molecule has 1 heterocycles. The van der Waals surface area contributed by atoms with Gasteiger partial charge in [-0.2, -0.15) is 0 Å². The Morgan fingerprint density at radius 2 is 1.96 bits per heavy atom. The molecule has 1 aromatic carbocycles. The van der Waals surface area contributed by atoms with Gasteiger partial charge in [0, 0.05) is 17.7 Å². The number of carbonyl (C=O) groups excluding carboxylic acids is 2. The lowest BCUT2D eigenvalue weighted by molar-refractivity contribution is -0.117. The second-order valence-corrected chi connectivity index (χ2v) is 6.35. The SMILES string of the molecule is CCCCOc1ccc(C(=O)N(CC(=O)Nc2ccon2)C(C)CC)cc1. The van der Waals surface area contributed by atoms with E-state index in [4.69, 9.17) is 9.26 Å². The molecule has 0 aliphatic heterocycles. The Morgan fingerprint density at radius 1 is 1.22 bits per heavy atom. The third-order valence-electron chi connectivity index (χ3n) is 4.27. The number of ether oxygens (including phenoxy) is 1. The molecule has 1 unspecified atom stereocenters. The molecule has 0 bridgehead atoms. The molecule has 0 saturated carbocycles. The fourth-order valence-electron chi connectivity index (χ4n) is 2.46. The fraction of sp³-hybridized carbons (Fsp3) is 0.450. The minimum Gasteiger partial charge on any atom is -0.494 e. The van der Waals surface area contributed by atoms with E-state index in [0.717, 1.165) is 25.0 Å². The van der Waals surface area contributed by atoms with Crippen LogP contribution in [0.1, 0.15) is 50.4 Å². The van der Waals surface area contributed by atoms with Crippen LogP contribution in [0.25, 0.3) is 0 Å². The van der Waals surface area contributed by atoms with Gasteiger partial charge in [-0.25, -0.2) is 0 Å². The Bertz CT molecular complexity index is 713. The lowest BCUT2D eigenvalue weighted by atomic mass is 10.1. The predicted octanol–water partition coefficient (Wildman–Crippen LogP) is 3.73. The van der Waals surface area contributed by atoms with Crippen molar-refractivity contribution in [1.29, 1.82) is 0 Å². The van der Waals surface area contributed by atoms with Crippen molar-refractivity contribution < 1.29 is 18.8 Å². The predicted molar refractivity (Wildman–Crippen MR) is 103 cm³/mol. The minimum absolute atomic E-state index is 0.0601. The first kappa shape index (κ1) is 20.5. The van der Waals surface area contributed by atoms with Gasteiger partial charge in [-0.3, -0.25) is 9.59 Å². The Balaban J connectivity index is 2.04. The molecule has 0 spiro atoms. The highest BCUT2D eigenvalue weighted by Gasteiger charge is 2.23.